The van der Waals surface area contributed by atoms with E-state index >= 15 is 0 Å². The fourth-order valence-corrected chi connectivity index (χ4v) is 9.59. The molecule has 0 fully saturated rings. The van der Waals surface area contributed by atoms with Crippen molar-refractivity contribution in [2.75, 3.05) is 0 Å². The van der Waals surface area contributed by atoms with Gasteiger partial charge in [0.25, 0.3) is 0 Å². The van der Waals surface area contributed by atoms with Gasteiger partial charge in [0.2, 0.25) is 0 Å². The zero-order valence-corrected chi connectivity index (χ0v) is 31.0. The summed E-state index contributed by atoms with van der Waals surface area (Å²) in [5, 5.41) is 10.1. The summed E-state index contributed by atoms with van der Waals surface area (Å²) in [7, 11) is 0. The van der Waals surface area contributed by atoms with Gasteiger partial charge in [-0.2, -0.15) is 0 Å². The molecule has 0 radical (unpaired) electrons. The first-order chi connectivity index (χ1) is 27.0. The third-order valence-corrected chi connectivity index (χ3v) is 12.3. The second kappa shape index (κ2) is 12.1. The number of rotatable bonds is 4. The molecule has 0 bridgehead atoms. The maximum atomic E-state index is 2.47. The second-order valence-corrected chi connectivity index (χ2v) is 15.6. The van der Waals surface area contributed by atoms with Crippen LogP contribution in [0.15, 0.2) is 194 Å². The van der Waals surface area contributed by atoms with Gasteiger partial charge in [-0.1, -0.05) is 190 Å². The molecule has 0 unspecified atom stereocenters. The zero-order chi connectivity index (χ0) is 36.7. The van der Waals surface area contributed by atoms with Crippen LogP contribution in [-0.4, -0.2) is 0 Å². The zero-order valence-electron chi connectivity index (χ0n) is 31.0. The molecular weight excluding hydrogens is 661 g/mol. The smallest absolute Gasteiger partial charge is 0.0158 e. The molecule has 1 aliphatic carbocycles. The van der Waals surface area contributed by atoms with E-state index in [2.05, 4.69) is 208 Å². The molecule has 0 aromatic heterocycles. The Morgan fingerprint density at radius 2 is 0.836 bits per heavy atom. The molecule has 0 heteroatoms. The van der Waals surface area contributed by atoms with Crippen molar-refractivity contribution < 1.29 is 0 Å². The first-order valence-corrected chi connectivity index (χ1v) is 19.3. The van der Waals surface area contributed by atoms with Crippen LogP contribution < -0.4 is 0 Å². The second-order valence-electron chi connectivity index (χ2n) is 15.6. The molecule has 0 amide bonds. The van der Waals surface area contributed by atoms with Crippen LogP contribution in [0.1, 0.15) is 25.0 Å². The molecule has 0 heterocycles. The Labute approximate surface area is 322 Å². The number of hydrogen-bond donors (Lipinski definition) is 0. The molecule has 0 N–H and O–H groups in total. The lowest BCUT2D eigenvalue weighted by molar-refractivity contribution is 0.660. The molecule has 0 saturated heterocycles. The molecule has 0 aliphatic heterocycles. The summed E-state index contributed by atoms with van der Waals surface area (Å²) in [6.45, 7) is 4.72. The largest absolute Gasteiger partial charge is 0.0622 e. The highest BCUT2D eigenvalue weighted by molar-refractivity contribution is 6.24. The molecule has 10 aromatic rings. The third kappa shape index (κ3) is 4.85. The predicted molar refractivity (Wildman–Crippen MR) is 236 cm³/mol. The minimum Gasteiger partial charge on any atom is -0.0622 e. The Morgan fingerprint density at radius 3 is 1.65 bits per heavy atom. The van der Waals surface area contributed by atoms with Gasteiger partial charge in [-0.25, -0.2) is 0 Å². The first kappa shape index (κ1) is 31.7. The monoisotopic (exact) mass is 698 g/mol. The van der Waals surface area contributed by atoms with E-state index in [1.807, 2.05) is 0 Å². The summed E-state index contributed by atoms with van der Waals surface area (Å²) in [4.78, 5) is 0. The van der Waals surface area contributed by atoms with E-state index in [1.165, 1.54) is 110 Å². The van der Waals surface area contributed by atoms with Crippen LogP contribution in [0, 0.1) is 0 Å². The minimum atomic E-state index is -0.0470. The summed E-state index contributed by atoms with van der Waals surface area (Å²) in [6.07, 6.45) is 0. The molecule has 258 valence electrons. The van der Waals surface area contributed by atoms with Gasteiger partial charge in [-0.3, -0.25) is 0 Å². The Bertz CT molecular complexity index is 3160. The van der Waals surface area contributed by atoms with E-state index < -0.39 is 0 Å². The lowest BCUT2D eigenvalue weighted by Gasteiger charge is -2.22. The lowest BCUT2D eigenvalue weighted by Crippen LogP contribution is -2.14. The van der Waals surface area contributed by atoms with Crippen molar-refractivity contribution >= 4 is 43.1 Å². The molecule has 0 saturated carbocycles. The minimum absolute atomic E-state index is 0.0470. The van der Waals surface area contributed by atoms with E-state index in [-0.39, 0.29) is 5.41 Å². The summed E-state index contributed by atoms with van der Waals surface area (Å²) < 4.78 is 0. The number of benzene rings is 10. The number of hydrogen-bond acceptors (Lipinski definition) is 0. The van der Waals surface area contributed by atoms with Crippen molar-refractivity contribution in [1.29, 1.82) is 0 Å². The third-order valence-electron chi connectivity index (χ3n) is 12.3. The molecule has 1 aliphatic rings. The lowest BCUT2D eigenvalue weighted by atomic mass is 9.81. The average Bonchev–Trinajstić information content (AvgIpc) is 3.47. The van der Waals surface area contributed by atoms with E-state index in [1.54, 1.807) is 0 Å². The van der Waals surface area contributed by atoms with Crippen LogP contribution >= 0.6 is 0 Å². The molecule has 11 rings (SSSR count). The van der Waals surface area contributed by atoms with Crippen molar-refractivity contribution in [3.8, 4) is 55.6 Å². The highest BCUT2D eigenvalue weighted by Crippen LogP contribution is 2.52. The van der Waals surface area contributed by atoms with E-state index in [0.29, 0.717) is 0 Å². The van der Waals surface area contributed by atoms with Crippen LogP contribution in [0.25, 0.3) is 98.7 Å². The Hall–Kier alpha value is -6.76. The highest BCUT2D eigenvalue weighted by Gasteiger charge is 2.35. The Balaban J connectivity index is 1.24. The van der Waals surface area contributed by atoms with Crippen LogP contribution in [-0.2, 0) is 5.41 Å². The molecule has 55 heavy (non-hydrogen) atoms. The quantitative estimate of drug-likeness (QED) is 0.161. The first-order valence-electron chi connectivity index (χ1n) is 19.3. The average molecular weight is 699 g/mol. The summed E-state index contributed by atoms with van der Waals surface area (Å²) in [6, 6.07) is 72.3. The van der Waals surface area contributed by atoms with Gasteiger partial charge in [-0.05, 0) is 128 Å². The molecule has 0 nitrogen and oxygen atoms in total. The van der Waals surface area contributed by atoms with Crippen molar-refractivity contribution in [2.45, 2.75) is 19.3 Å². The van der Waals surface area contributed by atoms with Crippen LogP contribution in [0.2, 0.25) is 0 Å². The van der Waals surface area contributed by atoms with Gasteiger partial charge >= 0.3 is 0 Å². The Kier molecular flexibility index (Phi) is 7.00. The van der Waals surface area contributed by atoms with Crippen LogP contribution in [0.3, 0.4) is 0 Å². The van der Waals surface area contributed by atoms with Gasteiger partial charge in [-0.15, -0.1) is 0 Å². The normalized spacial score (nSPS) is 13.1. The van der Waals surface area contributed by atoms with E-state index in [4.69, 9.17) is 0 Å². The van der Waals surface area contributed by atoms with Gasteiger partial charge in [0.05, 0.1) is 0 Å². The van der Waals surface area contributed by atoms with Crippen molar-refractivity contribution in [3.05, 3.63) is 205 Å². The highest BCUT2D eigenvalue weighted by atomic mass is 14.4. The molecule has 0 spiro atoms. The predicted octanol–water partition coefficient (Wildman–Crippen LogP) is 15.3. The van der Waals surface area contributed by atoms with E-state index in [0.717, 1.165) is 0 Å². The van der Waals surface area contributed by atoms with Crippen molar-refractivity contribution in [2.24, 2.45) is 0 Å². The topological polar surface area (TPSA) is 0 Å². The van der Waals surface area contributed by atoms with Gasteiger partial charge in [0.1, 0.15) is 0 Å². The maximum Gasteiger partial charge on any atom is 0.0158 e. The summed E-state index contributed by atoms with van der Waals surface area (Å²) >= 11 is 0. The molecule has 10 aromatic carbocycles. The van der Waals surface area contributed by atoms with Crippen LogP contribution in [0.5, 0.6) is 0 Å². The van der Waals surface area contributed by atoms with Crippen molar-refractivity contribution in [1.82, 2.24) is 0 Å². The van der Waals surface area contributed by atoms with E-state index in [9.17, 15) is 0 Å². The van der Waals surface area contributed by atoms with Crippen molar-refractivity contribution in [3.63, 3.8) is 0 Å². The van der Waals surface area contributed by atoms with Crippen LogP contribution in [0.4, 0.5) is 0 Å². The van der Waals surface area contributed by atoms with Gasteiger partial charge in [0, 0.05) is 5.41 Å². The van der Waals surface area contributed by atoms with Gasteiger partial charge < -0.3 is 0 Å². The molecule has 0 atom stereocenters. The maximum absolute atomic E-state index is 2.47. The number of fused-ring (bicyclic) bond motifs is 7. The summed E-state index contributed by atoms with van der Waals surface area (Å²) in [5.41, 5.74) is 15.4. The fourth-order valence-electron chi connectivity index (χ4n) is 9.59. The Morgan fingerprint density at radius 1 is 0.273 bits per heavy atom. The standard InChI is InChI=1S/C55H38/c1-55(2)51-23-13-12-20-44(51)49-34-40(27-31-52(49)55)53-45-21-10-11-22-46(45)54(47-30-29-41(36-15-4-3-5-16-36)42-18-8-9-19-43(42)47)48-28-26-39(33-50(48)53)38-25-24-35-14-6-7-17-37(35)32-38/h3-34H,1-2H3. The summed E-state index contributed by atoms with van der Waals surface area (Å²) in [5.74, 6) is 0. The van der Waals surface area contributed by atoms with Gasteiger partial charge in [0.15, 0.2) is 0 Å². The SMILES string of the molecule is CC1(C)c2ccccc2-c2cc(-c3c4ccccc4c(-c4ccc(-c5ccccc5)c5ccccc45)c4ccc(-c5ccc6ccccc6c5)cc34)ccc21. The fraction of sp³-hybridized carbons (Fsp3) is 0.0545. The molecular formula is C55H38.